The van der Waals surface area contributed by atoms with Gasteiger partial charge in [-0.3, -0.25) is 5.10 Å². The summed E-state index contributed by atoms with van der Waals surface area (Å²) in [6, 6.07) is 9.52. The summed E-state index contributed by atoms with van der Waals surface area (Å²) >= 11 is 0. The van der Waals surface area contributed by atoms with Crippen LogP contribution in [0.5, 0.6) is 0 Å². The van der Waals surface area contributed by atoms with Crippen LogP contribution in [0.2, 0.25) is 0 Å². The number of H-pyrrole nitrogens is 1. The molecule has 72 valence electrons. The second-order valence-corrected chi connectivity index (χ2v) is 3.10. The molecule has 1 atom stereocenters. The Hall–Kier alpha value is -1.68. The highest BCUT2D eigenvalue weighted by Crippen LogP contribution is 2.15. The van der Waals surface area contributed by atoms with E-state index in [4.69, 9.17) is 0 Å². The molecule has 1 aromatic heterocycles. The summed E-state index contributed by atoms with van der Waals surface area (Å²) in [6.07, 6.45) is 1.66. The van der Waals surface area contributed by atoms with Gasteiger partial charge in [-0.05, 0) is 5.56 Å². The van der Waals surface area contributed by atoms with E-state index in [0.29, 0.717) is 6.42 Å². The highest BCUT2D eigenvalue weighted by Gasteiger charge is 2.09. The van der Waals surface area contributed by atoms with Gasteiger partial charge in [-0.25, -0.2) is 0 Å². The van der Waals surface area contributed by atoms with Crippen molar-refractivity contribution in [2.45, 2.75) is 12.5 Å². The fourth-order valence-corrected chi connectivity index (χ4v) is 1.32. The van der Waals surface area contributed by atoms with E-state index in [2.05, 4.69) is 15.4 Å². The van der Waals surface area contributed by atoms with Crippen molar-refractivity contribution >= 4 is 0 Å². The van der Waals surface area contributed by atoms with E-state index < -0.39 is 6.10 Å². The van der Waals surface area contributed by atoms with E-state index in [0.717, 1.165) is 11.3 Å². The first kappa shape index (κ1) is 8.90. The van der Waals surface area contributed by atoms with Crippen molar-refractivity contribution in [1.82, 2.24) is 15.4 Å². The molecule has 0 radical (unpaired) electrons. The molecule has 0 saturated heterocycles. The summed E-state index contributed by atoms with van der Waals surface area (Å²) < 4.78 is 0. The number of hydrogen-bond acceptors (Lipinski definition) is 3. The maximum atomic E-state index is 9.81. The molecule has 14 heavy (non-hydrogen) atoms. The highest BCUT2D eigenvalue weighted by molar-refractivity contribution is 5.18. The molecule has 2 rings (SSSR count). The van der Waals surface area contributed by atoms with Gasteiger partial charge in [0, 0.05) is 12.6 Å². The topological polar surface area (TPSA) is 61.8 Å². The standard InChI is InChI=1S/C10H11N3O/c14-10(6-9-7-11-13-12-9)8-4-2-1-3-5-8/h1-5,7,10,14H,6H2,(H,11,12,13). The smallest absolute Gasteiger partial charge is 0.0853 e. The molecule has 0 fully saturated rings. The van der Waals surface area contributed by atoms with E-state index in [-0.39, 0.29) is 0 Å². The van der Waals surface area contributed by atoms with E-state index in [1.165, 1.54) is 0 Å². The van der Waals surface area contributed by atoms with Crippen molar-refractivity contribution in [2.24, 2.45) is 0 Å². The molecule has 1 heterocycles. The monoisotopic (exact) mass is 189 g/mol. The van der Waals surface area contributed by atoms with Gasteiger partial charge >= 0.3 is 0 Å². The molecule has 0 aliphatic rings. The van der Waals surface area contributed by atoms with E-state index in [1.807, 2.05) is 30.3 Å². The van der Waals surface area contributed by atoms with Crippen LogP contribution in [-0.2, 0) is 6.42 Å². The molecule has 4 nitrogen and oxygen atoms in total. The number of aliphatic hydroxyl groups excluding tert-OH is 1. The van der Waals surface area contributed by atoms with Crippen LogP contribution in [0.15, 0.2) is 36.5 Å². The lowest BCUT2D eigenvalue weighted by atomic mass is 10.1. The predicted octanol–water partition coefficient (Wildman–Crippen LogP) is 1.08. The minimum atomic E-state index is -0.513. The molecule has 0 aliphatic heterocycles. The number of hydrogen-bond donors (Lipinski definition) is 2. The van der Waals surface area contributed by atoms with Gasteiger partial charge in [-0.2, -0.15) is 0 Å². The Kier molecular flexibility index (Phi) is 2.55. The quantitative estimate of drug-likeness (QED) is 0.759. The Bertz CT molecular complexity index is 372. The molecular formula is C10H11N3O. The van der Waals surface area contributed by atoms with Crippen molar-refractivity contribution in [3.05, 3.63) is 47.8 Å². The zero-order chi connectivity index (χ0) is 9.80. The number of benzene rings is 1. The maximum Gasteiger partial charge on any atom is 0.0853 e. The molecular weight excluding hydrogens is 178 g/mol. The van der Waals surface area contributed by atoms with Crippen LogP contribution in [0.25, 0.3) is 0 Å². The van der Waals surface area contributed by atoms with Gasteiger partial charge in [0.1, 0.15) is 0 Å². The molecule has 2 aromatic rings. The predicted molar refractivity (Wildman–Crippen MR) is 51.5 cm³/mol. The first-order valence-corrected chi connectivity index (χ1v) is 4.44. The summed E-state index contributed by atoms with van der Waals surface area (Å²) in [7, 11) is 0. The third kappa shape index (κ3) is 1.97. The van der Waals surface area contributed by atoms with E-state index >= 15 is 0 Å². The Morgan fingerprint density at radius 2 is 2.07 bits per heavy atom. The Labute approximate surface area is 81.6 Å². The SMILES string of the molecule is OC(Cc1c[nH]nn1)c1ccccc1. The van der Waals surface area contributed by atoms with Crippen LogP contribution >= 0.6 is 0 Å². The molecule has 0 aliphatic carbocycles. The van der Waals surface area contributed by atoms with Gasteiger partial charge in [-0.15, -0.1) is 5.10 Å². The molecule has 0 spiro atoms. The number of nitrogens with zero attached hydrogens (tertiary/aromatic N) is 2. The Morgan fingerprint density at radius 3 is 2.71 bits per heavy atom. The van der Waals surface area contributed by atoms with Crippen molar-refractivity contribution in [3.8, 4) is 0 Å². The molecule has 1 aromatic carbocycles. The average molecular weight is 189 g/mol. The molecule has 2 N–H and O–H groups in total. The minimum Gasteiger partial charge on any atom is -0.388 e. The van der Waals surface area contributed by atoms with Crippen LogP contribution in [0, 0.1) is 0 Å². The summed E-state index contributed by atoms with van der Waals surface area (Å²) in [4.78, 5) is 0. The van der Waals surface area contributed by atoms with Crippen molar-refractivity contribution < 1.29 is 5.11 Å². The summed E-state index contributed by atoms with van der Waals surface area (Å²) in [6.45, 7) is 0. The van der Waals surface area contributed by atoms with Crippen LogP contribution in [-0.4, -0.2) is 20.5 Å². The van der Waals surface area contributed by atoms with Crippen LogP contribution < -0.4 is 0 Å². The number of aromatic nitrogens is 3. The van der Waals surface area contributed by atoms with Gasteiger partial charge in [0.25, 0.3) is 0 Å². The fourth-order valence-electron chi connectivity index (χ4n) is 1.32. The lowest BCUT2D eigenvalue weighted by molar-refractivity contribution is 0.177. The Balaban J connectivity index is 2.07. The highest BCUT2D eigenvalue weighted by atomic mass is 16.3. The van der Waals surface area contributed by atoms with Gasteiger partial charge < -0.3 is 5.11 Å². The zero-order valence-electron chi connectivity index (χ0n) is 7.59. The van der Waals surface area contributed by atoms with Gasteiger partial charge in [0.15, 0.2) is 0 Å². The first-order valence-electron chi connectivity index (χ1n) is 4.44. The second kappa shape index (κ2) is 4.02. The average Bonchev–Trinajstić information content (AvgIpc) is 2.72. The van der Waals surface area contributed by atoms with Gasteiger partial charge in [-0.1, -0.05) is 35.5 Å². The fraction of sp³-hybridized carbons (Fsp3) is 0.200. The third-order valence-corrected chi connectivity index (χ3v) is 2.05. The number of nitrogens with one attached hydrogen (secondary N) is 1. The lowest BCUT2D eigenvalue weighted by Gasteiger charge is -2.07. The molecule has 4 heteroatoms. The number of aromatic amines is 1. The van der Waals surface area contributed by atoms with Gasteiger partial charge in [0.05, 0.1) is 11.8 Å². The summed E-state index contributed by atoms with van der Waals surface area (Å²) in [5, 5.41) is 19.8. The lowest BCUT2D eigenvalue weighted by Crippen LogP contribution is -2.01. The van der Waals surface area contributed by atoms with E-state index in [9.17, 15) is 5.11 Å². The third-order valence-electron chi connectivity index (χ3n) is 2.05. The van der Waals surface area contributed by atoms with Gasteiger partial charge in [0.2, 0.25) is 0 Å². The van der Waals surface area contributed by atoms with E-state index in [1.54, 1.807) is 6.20 Å². The molecule has 0 amide bonds. The van der Waals surface area contributed by atoms with Crippen molar-refractivity contribution in [2.75, 3.05) is 0 Å². The zero-order valence-corrected chi connectivity index (χ0v) is 7.59. The second-order valence-electron chi connectivity index (χ2n) is 3.10. The molecule has 0 saturated carbocycles. The van der Waals surface area contributed by atoms with Crippen molar-refractivity contribution in [3.63, 3.8) is 0 Å². The summed E-state index contributed by atoms with van der Waals surface area (Å²) in [5.74, 6) is 0. The normalized spacial score (nSPS) is 12.6. The van der Waals surface area contributed by atoms with Crippen LogP contribution in [0.3, 0.4) is 0 Å². The number of rotatable bonds is 3. The number of aliphatic hydroxyl groups is 1. The maximum absolute atomic E-state index is 9.81. The van der Waals surface area contributed by atoms with Crippen molar-refractivity contribution in [1.29, 1.82) is 0 Å². The molecule has 0 bridgehead atoms. The van der Waals surface area contributed by atoms with Crippen LogP contribution in [0.1, 0.15) is 17.4 Å². The first-order chi connectivity index (χ1) is 6.86. The molecule has 1 unspecified atom stereocenters. The van der Waals surface area contributed by atoms with Crippen LogP contribution in [0.4, 0.5) is 0 Å². The Morgan fingerprint density at radius 1 is 1.29 bits per heavy atom. The largest absolute Gasteiger partial charge is 0.388 e. The minimum absolute atomic E-state index is 0.487. The summed E-state index contributed by atoms with van der Waals surface area (Å²) in [5.41, 5.74) is 1.66.